The van der Waals surface area contributed by atoms with Crippen LogP contribution in [0.2, 0.25) is 0 Å². The van der Waals surface area contributed by atoms with Gasteiger partial charge in [0, 0.05) is 21.4 Å². The summed E-state index contributed by atoms with van der Waals surface area (Å²) in [5.41, 5.74) is 10.9. The molecule has 2 heterocycles. The number of pyridine rings is 1. The molecule has 0 aliphatic rings. The molecule has 29 heavy (non-hydrogen) atoms. The number of hydrogen-bond donors (Lipinski definition) is 2. The first kappa shape index (κ1) is 17.6. The van der Waals surface area contributed by atoms with Gasteiger partial charge < -0.3 is 15.5 Å². The molecule has 6 heteroatoms. The van der Waals surface area contributed by atoms with Crippen LogP contribution in [0.15, 0.2) is 82.7 Å². The van der Waals surface area contributed by atoms with Crippen molar-refractivity contribution in [2.75, 3.05) is 12.8 Å². The molecule has 0 atom stereocenters. The lowest BCUT2D eigenvalue weighted by atomic mass is 10.1. The molecule has 5 rings (SSSR count). The van der Waals surface area contributed by atoms with Gasteiger partial charge >= 0.3 is 0 Å². The van der Waals surface area contributed by atoms with Gasteiger partial charge in [-0.3, -0.25) is 4.98 Å². The highest BCUT2D eigenvalue weighted by Gasteiger charge is 2.15. The number of para-hydroxylation sites is 2. The molecule has 0 saturated heterocycles. The van der Waals surface area contributed by atoms with Crippen LogP contribution in [-0.4, -0.2) is 22.1 Å². The van der Waals surface area contributed by atoms with Gasteiger partial charge in [0.2, 0.25) is 0 Å². The fourth-order valence-corrected chi connectivity index (χ4v) is 4.35. The van der Waals surface area contributed by atoms with E-state index in [0.29, 0.717) is 5.69 Å². The van der Waals surface area contributed by atoms with E-state index in [1.54, 1.807) is 25.1 Å². The number of rotatable bonds is 4. The number of benzene rings is 3. The molecule has 0 unspecified atom stereocenters. The maximum absolute atomic E-state index is 6.64. The molecule has 5 aromatic rings. The molecule has 2 aromatic heterocycles. The average Bonchev–Trinajstić information content (AvgIpc) is 3.18. The van der Waals surface area contributed by atoms with Crippen molar-refractivity contribution in [3.8, 4) is 17.1 Å². The van der Waals surface area contributed by atoms with Crippen LogP contribution in [0.25, 0.3) is 33.3 Å². The molecule has 3 N–H and O–H groups in total. The zero-order valence-corrected chi connectivity index (χ0v) is 16.5. The van der Waals surface area contributed by atoms with Gasteiger partial charge in [0.15, 0.2) is 0 Å². The number of ether oxygens (including phenoxy) is 1. The number of nitrogen functional groups attached to an aromatic ring is 1. The highest BCUT2D eigenvalue weighted by molar-refractivity contribution is 7.99. The second kappa shape index (κ2) is 7.14. The van der Waals surface area contributed by atoms with Gasteiger partial charge in [-0.15, -0.1) is 0 Å². The molecular weight excluding hydrogens is 380 g/mol. The van der Waals surface area contributed by atoms with E-state index in [0.717, 1.165) is 48.9 Å². The summed E-state index contributed by atoms with van der Waals surface area (Å²) in [6, 6.07) is 22.0. The summed E-state index contributed by atoms with van der Waals surface area (Å²) in [5.74, 6) is 1.56. The highest BCUT2D eigenvalue weighted by atomic mass is 32.2. The molecule has 0 saturated carbocycles. The van der Waals surface area contributed by atoms with Crippen LogP contribution in [0.3, 0.4) is 0 Å². The molecular formula is C23H18N4OS. The number of fused-ring (bicyclic) bond motifs is 2. The van der Waals surface area contributed by atoms with Crippen molar-refractivity contribution in [2.24, 2.45) is 0 Å². The van der Waals surface area contributed by atoms with Crippen LogP contribution in [0.1, 0.15) is 0 Å². The van der Waals surface area contributed by atoms with Crippen LogP contribution in [0.5, 0.6) is 5.75 Å². The molecule has 0 radical (unpaired) electrons. The predicted octanol–water partition coefficient (Wildman–Crippen LogP) is 5.52. The number of aromatic nitrogens is 3. The second-order valence-corrected chi connectivity index (χ2v) is 7.73. The Bertz CT molecular complexity index is 1300. The van der Waals surface area contributed by atoms with Crippen molar-refractivity contribution in [3.63, 3.8) is 0 Å². The predicted molar refractivity (Wildman–Crippen MR) is 118 cm³/mol. The molecule has 142 valence electrons. The first-order valence-corrected chi connectivity index (χ1v) is 9.99. The number of methoxy groups -OCH3 is 1. The number of imidazole rings is 1. The zero-order chi connectivity index (χ0) is 19.8. The third-order valence-electron chi connectivity index (χ3n) is 4.83. The Morgan fingerprint density at radius 2 is 1.72 bits per heavy atom. The van der Waals surface area contributed by atoms with Crippen molar-refractivity contribution < 1.29 is 4.74 Å². The monoisotopic (exact) mass is 398 g/mol. The number of nitrogens with zero attached hydrogens (tertiary/aromatic N) is 2. The SMILES string of the molecule is COc1ccc(Sc2cccc3ncc(-c4nc5ccccc5[nH]4)c(N)c23)cc1. The van der Waals surface area contributed by atoms with Gasteiger partial charge in [-0.2, -0.15) is 0 Å². The summed E-state index contributed by atoms with van der Waals surface area (Å²) in [6.45, 7) is 0. The Balaban J connectivity index is 1.62. The van der Waals surface area contributed by atoms with Crippen LogP contribution >= 0.6 is 11.8 Å². The molecule has 0 aliphatic heterocycles. The van der Waals surface area contributed by atoms with Crippen molar-refractivity contribution in [1.82, 2.24) is 15.0 Å². The Hall–Kier alpha value is -3.51. The maximum atomic E-state index is 6.64. The molecule has 0 fully saturated rings. The first-order chi connectivity index (χ1) is 14.2. The molecule has 0 aliphatic carbocycles. The van der Waals surface area contributed by atoms with Crippen LogP contribution in [-0.2, 0) is 0 Å². The molecule has 0 spiro atoms. The Kier molecular flexibility index (Phi) is 4.33. The fourth-order valence-electron chi connectivity index (χ4n) is 3.36. The first-order valence-electron chi connectivity index (χ1n) is 9.17. The average molecular weight is 398 g/mol. The van der Waals surface area contributed by atoms with E-state index in [-0.39, 0.29) is 0 Å². The largest absolute Gasteiger partial charge is 0.497 e. The summed E-state index contributed by atoms with van der Waals surface area (Å²) in [7, 11) is 1.67. The van der Waals surface area contributed by atoms with E-state index in [1.165, 1.54) is 0 Å². The normalized spacial score (nSPS) is 11.2. The van der Waals surface area contributed by atoms with Crippen LogP contribution in [0.4, 0.5) is 5.69 Å². The summed E-state index contributed by atoms with van der Waals surface area (Å²) in [5, 5.41) is 0.936. The summed E-state index contributed by atoms with van der Waals surface area (Å²) in [4.78, 5) is 14.8. The van der Waals surface area contributed by atoms with Gasteiger partial charge in [0.25, 0.3) is 0 Å². The number of aromatic amines is 1. The lowest BCUT2D eigenvalue weighted by molar-refractivity contribution is 0.414. The Labute approximate surface area is 171 Å². The second-order valence-electron chi connectivity index (χ2n) is 6.62. The van der Waals surface area contributed by atoms with E-state index in [1.807, 2.05) is 60.7 Å². The number of nitrogens with two attached hydrogens (primary N) is 1. The van der Waals surface area contributed by atoms with E-state index >= 15 is 0 Å². The van der Waals surface area contributed by atoms with Gasteiger partial charge in [0.05, 0.1) is 34.9 Å². The summed E-state index contributed by atoms with van der Waals surface area (Å²) < 4.78 is 5.25. The quantitative estimate of drug-likeness (QED) is 0.417. The van der Waals surface area contributed by atoms with E-state index in [9.17, 15) is 0 Å². The number of nitrogens with one attached hydrogen (secondary N) is 1. The van der Waals surface area contributed by atoms with Crippen molar-refractivity contribution in [2.45, 2.75) is 9.79 Å². The number of H-pyrrole nitrogens is 1. The minimum Gasteiger partial charge on any atom is -0.497 e. The topological polar surface area (TPSA) is 76.8 Å². The van der Waals surface area contributed by atoms with Gasteiger partial charge in [-0.1, -0.05) is 30.0 Å². The summed E-state index contributed by atoms with van der Waals surface area (Å²) >= 11 is 1.65. The van der Waals surface area contributed by atoms with Crippen molar-refractivity contribution in [3.05, 3.63) is 72.9 Å². The minimum absolute atomic E-state index is 0.672. The third kappa shape index (κ3) is 3.17. The van der Waals surface area contributed by atoms with Crippen LogP contribution < -0.4 is 10.5 Å². The third-order valence-corrected chi connectivity index (χ3v) is 5.90. The van der Waals surface area contributed by atoms with E-state index in [2.05, 4.69) is 21.0 Å². The maximum Gasteiger partial charge on any atom is 0.142 e. The minimum atomic E-state index is 0.672. The smallest absolute Gasteiger partial charge is 0.142 e. The van der Waals surface area contributed by atoms with Gasteiger partial charge in [-0.25, -0.2) is 4.98 Å². The molecule has 0 bridgehead atoms. The molecule has 5 nitrogen and oxygen atoms in total. The molecule has 3 aromatic carbocycles. The Morgan fingerprint density at radius 3 is 2.52 bits per heavy atom. The Morgan fingerprint density at radius 1 is 0.931 bits per heavy atom. The summed E-state index contributed by atoms with van der Waals surface area (Å²) in [6.07, 6.45) is 1.79. The van der Waals surface area contributed by atoms with E-state index in [4.69, 9.17) is 10.5 Å². The van der Waals surface area contributed by atoms with Gasteiger partial charge in [0.1, 0.15) is 11.6 Å². The van der Waals surface area contributed by atoms with Crippen LogP contribution in [0, 0.1) is 0 Å². The van der Waals surface area contributed by atoms with Gasteiger partial charge in [-0.05, 0) is 48.5 Å². The number of hydrogen-bond acceptors (Lipinski definition) is 5. The fraction of sp³-hybridized carbons (Fsp3) is 0.0435. The zero-order valence-electron chi connectivity index (χ0n) is 15.7. The standard InChI is InChI=1S/C23H18N4OS/c1-28-14-9-11-15(12-10-14)29-20-8-4-7-19-21(20)22(24)16(13-25-19)23-26-17-5-2-3-6-18(17)27-23/h2-13H,1H3,(H2,24,25)(H,26,27). The lowest BCUT2D eigenvalue weighted by Gasteiger charge is -2.11. The molecule has 0 amide bonds. The highest BCUT2D eigenvalue weighted by Crippen LogP contribution is 2.39. The number of anilines is 1. The van der Waals surface area contributed by atoms with Crippen molar-refractivity contribution in [1.29, 1.82) is 0 Å². The van der Waals surface area contributed by atoms with Crippen molar-refractivity contribution >= 4 is 39.4 Å². The van der Waals surface area contributed by atoms with E-state index < -0.39 is 0 Å². The lowest BCUT2D eigenvalue weighted by Crippen LogP contribution is -1.96.